The molecule has 24 heavy (non-hydrogen) atoms. The molecule has 1 aliphatic heterocycles. The van der Waals surface area contributed by atoms with E-state index in [2.05, 4.69) is 9.97 Å². The quantitative estimate of drug-likeness (QED) is 0.823. The molecule has 1 amide bonds. The first-order chi connectivity index (χ1) is 11.3. The molecule has 2 heterocycles. The average molecular weight is 335 g/mol. The van der Waals surface area contributed by atoms with Crippen LogP contribution in [0.5, 0.6) is 0 Å². The van der Waals surface area contributed by atoms with Crippen molar-refractivity contribution in [2.24, 2.45) is 5.92 Å². The number of likely N-dealkylation sites (tertiary alicyclic amines) is 1. The zero-order valence-corrected chi connectivity index (χ0v) is 15.2. The highest BCUT2D eigenvalue weighted by molar-refractivity contribution is 5.68. The maximum atomic E-state index is 12.2. The fraction of sp³-hybridized carbons (Fsp3) is 0.722. The Hall–Kier alpha value is -1.69. The van der Waals surface area contributed by atoms with E-state index in [4.69, 9.17) is 9.47 Å². The molecule has 0 radical (unpaired) electrons. The van der Waals surface area contributed by atoms with Gasteiger partial charge in [0.2, 0.25) is 0 Å². The molecule has 0 unspecified atom stereocenters. The third-order valence-electron chi connectivity index (χ3n) is 4.06. The van der Waals surface area contributed by atoms with Gasteiger partial charge in [0, 0.05) is 32.1 Å². The average Bonchev–Trinajstić information content (AvgIpc) is 2.54. The smallest absolute Gasteiger partial charge is 0.410 e. The Morgan fingerprint density at radius 3 is 2.88 bits per heavy atom. The lowest BCUT2D eigenvalue weighted by molar-refractivity contribution is 0.0104. The lowest BCUT2D eigenvalue weighted by Gasteiger charge is -2.34. The van der Waals surface area contributed by atoms with Gasteiger partial charge in [-0.3, -0.25) is 9.97 Å². The maximum Gasteiger partial charge on any atom is 0.410 e. The van der Waals surface area contributed by atoms with E-state index >= 15 is 0 Å². The molecule has 1 saturated heterocycles. The van der Waals surface area contributed by atoms with Crippen LogP contribution in [-0.4, -0.2) is 46.3 Å². The van der Waals surface area contributed by atoms with Crippen molar-refractivity contribution in [1.82, 2.24) is 14.9 Å². The molecule has 0 aromatic carbocycles. The van der Waals surface area contributed by atoms with E-state index in [1.807, 2.05) is 32.6 Å². The van der Waals surface area contributed by atoms with Gasteiger partial charge in [0.15, 0.2) is 0 Å². The van der Waals surface area contributed by atoms with Gasteiger partial charge in [0.1, 0.15) is 5.60 Å². The molecule has 6 nitrogen and oxygen atoms in total. The number of hydrogen-bond acceptors (Lipinski definition) is 5. The van der Waals surface area contributed by atoms with Crippen LogP contribution < -0.4 is 0 Å². The van der Waals surface area contributed by atoms with E-state index < -0.39 is 5.60 Å². The maximum absolute atomic E-state index is 12.2. The summed E-state index contributed by atoms with van der Waals surface area (Å²) in [5.41, 5.74) is 0.399. The molecule has 2 rings (SSSR count). The summed E-state index contributed by atoms with van der Waals surface area (Å²) < 4.78 is 11.3. The van der Waals surface area contributed by atoms with Crippen LogP contribution in [0.3, 0.4) is 0 Å². The van der Waals surface area contributed by atoms with Crippen molar-refractivity contribution < 1.29 is 14.3 Å². The summed E-state index contributed by atoms with van der Waals surface area (Å²) in [7, 11) is 0. The Balaban J connectivity index is 1.74. The van der Waals surface area contributed by atoms with Crippen molar-refractivity contribution in [2.75, 3.05) is 19.7 Å². The van der Waals surface area contributed by atoms with Crippen molar-refractivity contribution in [2.45, 2.75) is 58.7 Å². The highest BCUT2D eigenvalue weighted by Crippen LogP contribution is 2.23. The second-order valence-electron chi connectivity index (χ2n) is 7.37. The molecule has 0 N–H and O–H groups in total. The first-order valence-corrected chi connectivity index (χ1v) is 8.70. The summed E-state index contributed by atoms with van der Waals surface area (Å²) in [5, 5.41) is 0. The Kier molecular flexibility index (Phi) is 6.54. The number of amides is 1. The number of carbonyl (C=O) groups excluding carboxylic acids is 1. The predicted molar refractivity (Wildman–Crippen MR) is 91.5 cm³/mol. The van der Waals surface area contributed by atoms with E-state index in [0.717, 1.165) is 38.0 Å². The summed E-state index contributed by atoms with van der Waals surface area (Å²) in [6.07, 6.45) is 7.87. The first kappa shape index (κ1) is 18.6. The molecule has 1 aliphatic rings. The summed E-state index contributed by atoms with van der Waals surface area (Å²) >= 11 is 0. The summed E-state index contributed by atoms with van der Waals surface area (Å²) in [5.74, 6) is 0.459. The number of hydrogen-bond donors (Lipinski definition) is 0. The minimum Gasteiger partial charge on any atom is -0.444 e. The number of ether oxygens (including phenoxy) is 2. The van der Waals surface area contributed by atoms with Crippen LogP contribution in [0.4, 0.5) is 4.79 Å². The molecule has 0 saturated carbocycles. The monoisotopic (exact) mass is 335 g/mol. The largest absolute Gasteiger partial charge is 0.444 e. The first-order valence-electron chi connectivity index (χ1n) is 8.70. The number of nitrogens with zero attached hydrogens (tertiary/aromatic N) is 3. The normalized spacial score (nSPS) is 19.8. The van der Waals surface area contributed by atoms with Gasteiger partial charge in [-0.25, -0.2) is 4.79 Å². The van der Waals surface area contributed by atoms with E-state index in [1.165, 1.54) is 0 Å². The van der Waals surface area contributed by atoms with Gasteiger partial charge in [0.05, 0.1) is 18.0 Å². The second-order valence-corrected chi connectivity index (χ2v) is 7.37. The molecule has 0 aliphatic carbocycles. The zero-order valence-electron chi connectivity index (χ0n) is 15.2. The Morgan fingerprint density at radius 2 is 2.21 bits per heavy atom. The molecule has 1 aromatic rings. The van der Waals surface area contributed by atoms with Gasteiger partial charge in [0.25, 0.3) is 0 Å². The fourth-order valence-corrected chi connectivity index (χ4v) is 2.81. The van der Waals surface area contributed by atoms with Crippen LogP contribution in [0.1, 0.15) is 58.8 Å². The van der Waals surface area contributed by atoms with E-state index in [0.29, 0.717) is 12.5 Å². The Bertz CT molecular complexity index is 516. The van der Waals surface area contributed by atoms with Gasteiger partial charge >= 0.3 is 6.09 Å². The van der Waals surface area contributed by atoms with Gasteiger partial charge in [-0.15, -0.1) is 0 Å². The molecule has 6 heteroatoms. The van der Waals surface area contributed by atoms with Crippen LogP contribution in [0.2, 0.25) is 0 Å². The van der Waals surface area contributed by atoms with Crippen LogP contribution in [0.15, 0.2) is 18.6 Å². The summed E-state index contributed by atoms with van der Waals surface area (Å²) in [6.45, 7) is 9.86. The van der Waals surface area contributed by atoms with Crippen molar-refractivity contribution in [3.8, 4) is 0 Å². The van der Waals surface area contributed by atoms with Crippen LogP contribution in [-0.2, 0) is 9.47 Å². The topological polar surface area (TPSA) is 64.5 Å². The van der Waals surface area contributed by atoms with E-state index in [-0.39, 0.29) is 12.2 Å². The molecule has 0 spiro atoms. The van der Waals surface area contributed by atoms with Crippen molar-refractivity contribution in [3.05, 3.63) is 24.3 Å². The second kappa shape index (κ2) is 8.42. The fourth-order valence-electron chi connectivity index (χ4n) is 2.81. The third-order valence-corrected chi connectivity index (χ3v) is 4.06. The highest BCUT2D eigenvalue weighted by atomic mass is 16.6. The Morgan fingerprint density at radius 1 is 1.42 bits per heavy atom. The van der Waals surface area contributed by atoms with Gasteiger partial charge in [-0.1, -0.05) is 0 Å². The lowest BCUT2D eigenvalue weighted by Crippen LogP contribution is -2.43. The predicted octanol–water partition coefficient (Wildman–Crippen LogP) is 3.59. The van der Waals surface area contributed by atoms with E-state index in [1.54, 1.807) is 18.6 Å². The molecule has 0 bridgehead atoms. The lowest BCUT2D eigenvalue weighted by atomic mass is 9.95. The highest BCUT2D eigenvalue weighted by Gasteiger charge is 2.27. The van der Waals surface area contributed by atoms with Crippen molar-refractivity contribution >= 4 is 6.09 Å². The van der Waals surface area contributed by atoms with Crippen molar-refractivity contribution in [1.29, 1.82) is 0 Å². The number of piperidine rings is 1. The van der Waals surface area contributed by atoms with Gasteiger partial charge in [-0.05, 0) is 52.9 Å². The molecule has 1 fully saturated rings. The van der Waals surface area contributed by atoms with Gasteiger partial charge in [-0.2, -0.15) is 0 Å². The van der Waals surface area contributed by atoms with Crippen LogP contribution in [0.25, 0.3) is 0 Å². The minimum absolute atomic E-state index is 0.0655. The van der Waals surface area contributed by atoms with Crippen molar-refractivity contribution in [3.63, 3.8) is 0 Å². The standard InChI is InChI=1S/C18H29N3O3/c1-14(16-12-19-8-9-20-16)23-11-7-15-6-5-10-21(13-15)17(22)24-18(2,3)4/h8-9,12,14-15H,5-7,10-11,13H2,1-4H3/t14-,15+/m1/s1. The third kappa shape index (κ3) is 6.07. The molecule has 134 valence electrons. The SMILES string of the molecule is C[C@@H](OCC[C@@H]1CCCN(C(=O)OC(C)(C)C)C1)c1cnccn1. The van der Waals surface area contributed by atoms with E-state index in [9.17, 15) is 4.79 Å². The summed E-state index contributed by atoms with van der Waals surface area (Å²) in [4.78, 5) is 22.3. The number of carbonyl (C=O) groups is 1. The molecule has 2 atom stereocenters. The van der Waals surface area contributed by atoms with Crippen LogP contribution >= 0.6 is 0 Å². The zero-order chi connectivity index (χ0) is 17.6. The molecule has 1 aromatic heterocycles. The number of aromatic nitrogens is 2. The summed E-state index contributed by atoms with van der Waals surface area (Å²) in [6, 6.07) is 0. The van der Waals surface area contributed by atoms with Gasteiger partial charge < -0.3 is 14.4 Å². The molecular formula is C18H29N3O3. The molecular weight excluding hydrogens is 306 g/mol. The number of rotatable bonds is 5. The van der Waals surface area contributed by atoms with Crippen LogP contribution in [0, 0.1) is 5.92 Å². The minimum atomic E-state index is -0.445. The Labute approximate surface area is 144 Å².